The minimum absolute atomic E-state index is 0.0268. The number of hydrogen-bond donors (Lipinski definition) is 1. The Morgan fingerprint density at radius 2 is 2.06 bits per heavy atom. The van der Waals surface area contributed by atoms with Gasteiger partial charge in [-0.25, -0.2) is 0 Å². The van der Waals surface area contributed by atoms with Gasteiger partial charge in [-0.3, -0.25) is 9.59 Å². The van der Waals surface area contributed by atoms with Gasteiger partial charge in [-0.1, -0.05) is 35.5 Å². The molecular weight excluding hydrogens is 416 g/mol. The first-order valence-corrected chi connectivity index (χ1v) is 10.8. The minimum Gasteiger partial charge on any atom is -0.497 e. The zero-order chi connectivity index (χ0) is 21.8. The van der Waals surface area contributed by atoms with Gasteiger partial charge in [-0.15, -0.1) is 10.2 Å². The third kappa shape index (κ3) is 5.05. The van der Waals surface area contributed by atoms with Gasteiger partial charge >= 0.3 is 0 Å². The number of aromatic nitrogens is 2. The lowest BCUT2D eigenvalue weighted by molar-refractivity contribution is -0.117. The maximum absolute atomic E-state index is 12.5. The molecule has 0 radical (unpaired) electrons. The third-order valence-electron chi connectivity index (χ3n) is 4.92. The van der Waals surface area contributed by atoms with Crippen molar-refractivity contribution in [3.8, 4) is 5.75 Å². The second-order valence-corrected chi connectivity index (χ2v) is 8.14. The Hall–Kier alpha value is -3.33. The van der Waals surface area contributed by atoms with Crippen LogP contribution in [-0.4, -0.2) is 41.4 Å². The lowest BCUT2D eigenvalue weighted by atomic mass is 10.1. The maximum atomic E-state index is 12.5. The standard InChI is InChI=1S/C22H22N4O4S/c1-14-6-8-17(9-7-14)26-12-15(10-20(26)28)21-24-25-22(30-21)31-13-19(27)23-16-4-3-5-18(11-16)29-2/h3-9,11,15H,10,12-13H2,1-2H3,(H,23,27). The van der Waals surface area contributed by atoms with Crippen LogP contribution in [0.5, 0.6) is 5.75 Å². The molecule has 1 unspecified atom stereocenters. The van der Waals surface area contributed by atoms with Crippen molar-refractivity contribution in [1.82, 2.24) is 10.2 Å². The number of carbonyl (C=O) groups excluding carboxylic acids is 2. The summed E-state index contributed by atoms with van der Waals surface area (Å²) >= 11 is 1.15. The molecule has 160 valence electrons. The van der Waals surface area contributed by atoms with Crippen LogP contribution < -0.4 is 15.0 Å². The van der Waals surface area contributed by atoms with E-state index in [1.807, 2.05) is 31.2 Å². The first-order chi connectivity index (χ1) is 15.0. The molecule has 8 nitrogen and oxygen atoms in total. The summed E-state index contributed by atoms with van der Waals surface area (Å²) in [5, 5.41) is 11.2. The van der Waals surface area contributed by atoms with Crippen molar-refractivity contribution in [2.75, 3.05) is 29.6 Å². The van der Waals surface area contributed by atoms with Crippen LogP contribution in [0.25, 0.3) is 0 Å². The van der Waals surface area contributed by atoms with E-state index in [2.05, 4.69) is 15.5 Å². The van der Waals surface area contributed by atoms with Crippen LogP contribution in [0.2, 0.25) is 0 Å². The van der Waals surface area contributed by atoms with Gasteiger partial charge in [0.2, 0.25) is 17.7 Å². The predicted molar refractivity (Wildman–Crippen MR) is 118 cm³/mol. The van der Waals surface area contributed by atoms with Crippen molar-refractivity contribution >= 4 is 35.0 Å². The van der Waals surface area contributed by atoms with Gasteiger partial charge in [0.25, 0.3) is 5.22 Å². The first kappa shape index (κ1) is 20.9. The lowest BCUT2D eigenvalue weighted by Crippen LogP contribution is -2.24. The number of nitrogens with zero attached hydrogens (tertiary/aromatic N) is 3. The van der Waals surface area contributed by atoms with Crippen molar-refractivity contribution in [3.63, 3.8) is 0 Å². The molecule has 0 bridgehead atoms. The molecule has 2 heterocycles. The van der Waals surface area contributed by atoms with Crippen LogP contribution in [0.4, 0.5) is 11.4 Å². The van der Waals surface area contributed by atoms with Crippen molar-refractivity contribution in [2.45, 2.75) is 24.5 Å². The molecule has 1 atom stereocenters. The average Bonchev–Trinajstić information content (AvgIpc) is 3.40. The Balaban J connectivity index is 1.32. The van der Waals surface area contributed by atoms with Gasteiger partial charge < -0.3 is 19.4 Å². The lowest BCUT2D eigenvalue weighted by Gasteiger charge is -2.16. The molecule has 4 rings (SSSR count). The van der Waals surface area contributed by atoms with E-state index < -0.39 is 0 Å². The fourth-order valence-corrected chi connectivity index (χ4v) is 3.89. The van der Waals surface area contributed by atoms with E-state index in [1.54, 1.807) is 36.3 Å². The molecule has 2 aromatic carbocycles. The topological polar surface area (TPSA) is 97.6 Å². The zero-order valence-electron chi connectivity index (χ0n) is 17.2. The average molecular weight is 439 g/mol. The van der Waals surface area contributed by atoms with Crippen molar-refractivity contribution in [2.24, 2.45) is 0 Å². The second kappa shape index (κ2) is 9.22. The van der Waals surface area contributed by atoms with E-state index in [0.717, 1.165) is 23.0 Å². The summed E-state index contributed by atoms with van der Waals surface area (Å²) in [6.07, 6.45) is 0.316. The monoisotopic (exact) mass is 438 g/mol. The quantitative estimate of drug-likeness (QED) is 0.563. The van der Waals surface area contributed by atoms with Gasteiger partial charge in [-0.2, -0.15) is 0 Å². The van der Waals surface area contributed by atoms with Crippen LogP contribution >= 0.6 is 11.8 Å². The molecule has 1 saturated heterocycles. The third-order valence-corrected chi connectivity index (χ3v) is 5.74. The molecule has 1 fully saturated rings. The number of ether oxygens (including phenoxy) is 1. The van der Waals surface area contributed by atoms with Crippen LogP contribution in [0, 0.1) is 6.92 Å². The molecular formula is C22H22N4O4S. The summed E-state index contributed by atoms with van der Waals surface area (Å²) in [6, 6.07) is 15.0. The largest absolute Gasteiger partial charge is 0.497 e. The summed E-state index contributed by atoms with van der Waals surface area (Å²) in [5.74, 6) is 0.869. The Kier molecular flexibility index (Phi) is 6.22. The van der Waals surface area contributed by atoms with Crippen LogP contribution in [0.1, 0.15) is 23.8 Å². The number of nitrogens with one attached hydrogen (secondary N) is 1. The highest BCUT2D eigenvalue weighted by Crippen LogP contribution is 2.32. The Bertz CT molecular complexity index is 1080. The molecule has 0 saturated carbocycles. The first-order valence-electron chi connectivity index (χ1n) is 9.79. The highest BCUT2D eigenvalue weighted by atomic mass is 32.2. The van der Waals surface area contributed by atoms with Gasteiger partial charge in [0.1, 0.15) is 5.75 Å². The Labute approximate surface area is 184 Å². The highest BCUT2D eigenvalue weighted by molar-refractivity contribution is 7.99. The molecule has 0 spiro atoms. The second-order valence-electron chi connectivity index (χ2n) is 7.22. The van der Waals surface area contributed by atoms with Crippen LogP contribution in [0.3, 0.4) is 0 Å². The fraction of sp³-hybridized carbons (Fsp3) is 0.273. The van der Waals surface area contributed by atoms with E-state index in [0.29, 0.717) is 35.5 Å². The summed E-state index contributed by atoms with van der Waals surface area (Å²) < 4.78 is 10.9. The van der Waals surface area contributed by atoms with Gasteiger partial charge in [0, 0.05) is 30.4 Å². The Morgan fingerprint density at radius 3 is 2.84 bits per heavy atom. The molecule has 2 amide bonds. The summed E-state index contributed by atoms with van der Waals surface area (Å²) in [7, 11) is 1.57. The molecule has 1 N–H and O–H groups in total. The van der Waals surface area contributed by atoms with E-state index >= 15 is 0 Å². The van der Waals surface area contributed by atoms with Crippen LogP contribution in [0.15, 0.2) is 58.2 Å². The highest BCUT2D eigenvalue weighted by Gasteiger charge is 2.35. The van der Waals surface area contributed by atoms with E-state index in [1.165, 1.54) is 0 Å². The molecule has 3 aromatic rings. The smallest absolute Gasteiger partial charge is 0.277 e. The molecule has 31 heavy (non-hydrogen) atoms. The normalized spacial score (nSPS) is 15.9. The summed E-state index contributed by atoms with van der Waals surface area (Å²) in [5.41, 5.74) is 2.65. The van der Waals surface area contributed by atoms with Gasteiger partial charge in [0.15, 0.2) is 0 Å². The van der Waals surface area contributed by atoms with Crippen molar-refractivity contribution in [3.05, 3.63) is 60.0 Å². The van der Waals surface area contributed by atoms with Crippen LogP contribution in [-0.2, 0) is 9.59 Å². The molecule has 0 aliphatic carbocycles. The van der Waals surface area contributed by atoms with E-state index in [9.17, 15) is 9.59 Å². The predicted octanol–water partition coefficient (Wildman–Crippen LogP) is 3.64. The number of carbonyl (C=O) groups is 2. The molecule has 9 heteroatoms. The maximum Gasteiger partial charge on any atom is 0.277 e. The number of amides is 2. The number of hydrogen-bond acceptors (Lipinski definition) is 7. The van der Waals surface area contributed by atoms with Crippen molar-refractivity contribution < 1.29 is 18.7 Å². The molecule has 1 aliphatic heterocycles. The molecule has 1 aromatic heterocycles. The number of thioether (sulfide) groups is 1. The number of aryl methyl sites for hydroxylation is 1. The van der Waals surface area contributed by atoms with Gasteiger partial charge in [-0.05, 0) is 31.2 Å². The minimum atomic E-state index is -0.195. The fourth-order valence-electron chi connectivity index (χ4n) is 3.32. The van der Waals surface area contributed by atoms with Crippen molar-refractivity contribution in [1.29, 1.82) is 0 Å². The van der Waals surface area contributed by atoms with Gasteiger partial charge in [0.05, 0.1) is 18.8 Å². The van der Waals surface area contributed by atoms with E-state index in [-0.39, 0.29) is 23.5 Å². The number of anilines is 2. The summed E-state index contributed by atoms with van der Waals surface area (Å²) in [4.78, 5) is 26.4. The van der Waals surface area contributed by atoms with E-state index in [4.69, 9.17) is 9.15 Å². The molecule has 1 aliphatic rings. The Morgan fingerprint density at radius 1 is 1.26 bits per heavy atom. The number of benzene rings is 2. The summed E-state index contributed by atoms with van der Waals surface area (Å²) in [6.45, 7) is 2.50. The zero-order valence-corrected chi connectivity index (χ0v) is 18.0. The SMILES string of the molecule is COc1cccc(NC(=O)CSc2nnc(C3CC(=O)N(c4ccc(C)cc4)C3)o2)c1. The number of rotatable bonds is 7. The number of methoxy groups -OCH3 is 1.